The number of alkyl halides is 3. The number of rotatable bonds is 11. The Morgan fingerprint density at radius 1 is 0.673 bits per heavy atom. The summed E-state index contributed by atoms with van der Waals surface area (Å²) in [7, 11) is 1.61. The summed E-state index contributed by atoms with van der Waals surface area (Å²) in [5, 5.41) is 2.71. The van der Waals surface area contributed by atoms with Gasteiger partial charge in [0.1, 0.15) is 11.4 Å². The van der Waals surface area contributed by atoms with Crippen LogP contribution >= 0.6 is 0 Å². The average Bonchev–Trinajstić information content (AvgIpc) is 3.11. The average molecular weight is 711 g/mol. The van der Waals surface area contributed by atoms with Crippen molar-refractivity contribution >= 4 is 17.8 Å². The highest BCUT2D eigenvalue weighted by molar-refractivity contribution is 5.89. The number of nitrogens with zero attached hydrogens (tertiary/aromatic N) is 3. The van der Waals surface area contributed by atoms with Gasteiger partial charge in [0.05, 0.1) is 12.7 Å². The second-order valence-corrected chi connectivity index (χ2v) is 13.3. The molecule has 0 aliphatic rings. The first-order valence-corrected chi connectivity index (χ1v) is 16.7. The Morgan fingerprint density at radius 2 is 1.17 bits per heavy atom. The third-order valence-electron chi connectivity index (χ3n) is 8.02. The molecular formula is C41H41F3N4O4. The van der Waals surface area contributed by atoms with Gasteiger partial charge >= 0.3 is 18.3 Å². The predicted molar refractivity (Wildman–Crippen MR) is 194 cm³/mol. The first kappa shape index (κ1) is 37.4. The Balaban J connectivity index is 1.27. The molecule has 0 aliphatic heterocycles. The van der Waals surface area contributed by atoms with Crippen LogP contribution in [0.3, 0.4) is 0 Å². The van der Waals surface area contributed by atoms with Crippen molar-refractivity contribution in [1.82, 2.24) is 14.8 Å². The van der Waals surface area contributed by atoms with Crippen LogP contribution in [0.5, 0.6) is 5.75 Å². The van der Waals surface area contributed by atoms with Crippen LogP contribution in [-0.4, -0.2) is 39.6 Å². The summed E-state index contributed by atoms with van der Waals surface area (Å²) < 4.78 is 50.1. The number of carbonyl (C=O) groups is 2. The molecule has 0 radical (unpaired) electrons. The molecular weight excluding hydrogens is 669 g/mol. The highest BCUT2D eigenvalue weighted by atomic mass is 19.4. The molecule has 0 saturated heterocycles. The number of anilines is 1. The molecule has 0 bridgehead atoms. The van der Waals surface area contributed by atoms with Gasteiger partial charge in [0, 0.05) is 44.3 Å². The number of hydrogen-bond donors (Lipinski definition) is 1. The lowest BCUT2D eigenvalue weighted by molar-refractivity contribution is -0.137. The van der Waals surface area contributed by atoms with Crippen LogP contribution in [0.2, 0.25) is 0 Å². The molecule has 0 fully saturated rings. The maximum absolute atomic E-state index is 13.4. The normalized spacial score (nSPS) is 11.4. The molecule has 1 N–H and O–H groups in total. The smallest absolute Gasteiger partial charge is 0.416 e. The quantitative estimate of drug-likeness (QED) is 0.148. The van der Waals surface area contributed by atoms with Crippen LogP contribution in [0.25, 0.3) is 11.1 Å². The molecule has 11 heteroatoms. The fourth-order valence-corrected chi connectivity index (χ4v) is 5.37. The van der Waals surface area contributed by atoms with Crippen molar-refractivity contribution < 1.29 is 32.2 Å². The minimum Gasteiger partial charge on any atom is -0.497 e. The molecule has 3 amide bonds. The number of halogens is 3. The maximum atomic E-state index is 13.4. The van der Waals surface area contributed by atoms with Crippen LogP contribution in [0.4, 0.5) is 28.4 Å². The predicted octanol–water partition coefficient (Wildman–Crippen LogP) is 9.95. The summed E-state index contributed by atoms with van der Waals surface area (Å²) in [4.78, 5) is 33.9. The number of benzene rings is 4. The number of ether oxygens (including phenoxy) is 2. The highest BCUT2D eigenvalue weighted by Gasteiger charge is 2.30. The lowest BCUT2D eigenvalue weighted by Gasteiger charge is -2.27. The molecule has 0 unspecified atom stereocenters. The zero-order valence-electron chi connectivity index (χ0n) is 29.5. The molecule has 5 rings (SSSR count). The van der Waals surface area contributed by atoms with Gasteiger partial charge in [0.25, 0.3) is 0 Å². The van der Waals surface area contributed by atoms with E-state index in [1.165, 1.54) is 12.1 Å². The van der Waals surface area contributed by atoms with Gasteiger partial charge in [0.2, 0.25) is 0 Å². The van der Waals surface area contributed by atoms with E-state index >= 15 is 0 Å². The Bertz CT molecular complexity index is 1910. The van der Waals surface area contributed by atoms with Crippen LogP contribution in [0.1, 0.15) is 48.6 Å². The lowest BCUT2D eigenvalue weighted by atomic mass is 10.0. The van der Waals surface area contributed by atoms with Gasteiger partial charge in [0.15, 0.2) is 0 Å². The Hall–Kier alpha value is -5.84. The van der Waals surface area contributed by atoms with Gasteiger partial charge in [-0.25, -0.2) is 9.59 Å². The molecule has 5 aromatic rings. The van der Waals surface area contributed by atoms with Crippen molar-refractivity contribution in [2.45, 2.75) is 58.7 Å². The maximum Gasteiger partial charge on any atom is 0.416 e. The van der Waals surface area contributed by atoms with E-state index in [0.29, 0.717) is 13.1 Å². The summed E-state index contributed by atoms with van der Waals surface area (Å²) in [6.07, 6.45) is -1.57. The zero-order valence-corrected chi connectivity index (χ0v) is 29.5. The number of methoxy groups -OCH3 is 1. The van der Waals surface area contributed by atoms with Crippen molar-refractivity contribution in [3.8, 4) is 16.9 Å². The van der Waals surface area contributed by atoms with E-state index in [1.807, 2.05) is 99.6 Å². The number of amides is 3. The van der Waals surface area contributed by atoms with E-state index in [-0.39, 0.29) is 18.8 Å². The molecule has 270 valence electrons. The minimum atomic E-state index is -4.47. The molecule has 0 atom stereocenters. The molecule has 0 spiro atoms. The van der Waals surface area contributed by atoms with E-state index in [2.05, 4.69) is 10.3 Å². The number of urea groups is 1. The largest absolute Gasteiger partial charge is 0.497 e. The fourth-order valence-electron chi connectivity index (χ4n) is 5.37. The number of aromatic nitrogens is 1. The number of nitrogens with one attached hydrogen (secondary N) is 1. The van der Waals surface area contributed by atoms with Gasteiger partial charge in [-0.3, -0.25) is 9.88 Å². The fraction of sp³-hybridized carbons (Fsp3) is 0.244. The Morgan fingerprint density at radius 3 is 1.63 bits per heavy atom. The second-order valence-electron chi connectivity index (χ2n) is 13.3. The first-order valence-electron chi connectivity index (χ1n) is 16.7. The molecule has 52 heavy (non-hydrogen) atoms. The van der Waals surface area contributed by atoms with Gasteiger partial charge in [-0.1, -0.05) is 66.7 Å². The van der Waals surface area contributed by atoms with Crippen molar-refractivity contribution in [2.75, 3.05) is 12.4 Å². The van der Waals surface area contributed by atoms with Gasteiger partial charge in [-0.2, -0.15) is 13.2 Å². The second kappa shape index (κ2) is 16.5. The number of hydrogen-bond acceptors (Lipinski definition) is 5. The third kappa shape index (κ3) is 10.8. The summed E-state index contributed by atoms with van der Waals surface area (Å²) >= 11 is 0. The monoisotopic (exact) mass is 710 g/mol. The molecule has 4 aromatic carbocycles. The van der Waals surface area contributed by atoms with E-state index in [9.17, 15) is 22.8 Å². The number of pyridine rings is 1. The summed E-state index contributed by atoms with van der Waals surface area (Å²) in [5.41, 5.74) is 4.30. The van der Waals surface area contributed by atoms with Crippen molar-refractivity contribution in [3.05, 3.63) is 149 Å². The topological polar surface area (TPSA) is 84.0 Å². The van der Waals surface area contributed by atoms with E-state index < -0.39 is 29.5 Å². The van der Waals surface area contributed by atoms with Gasteiger partial charge < -0.3 is 19.7 Å². The highest BCUT2D eigenvalue weighted by Crippen LogP contribution is 2.30. The molecule has 1 heterocycles. The van der Waals surface area contributed by atoms with Crippen LogP contribution in [-0.2, 0) is 37.1 Å². The van der Waals surface area contributed by atoms with Crippen molar-refractivity contribution in [3.63, 3.8) is 0 Å². The van der Waals surface area contributed by atoms with Gasteiger partial charge in [-0.05, 0) is 96.6 Å². The SMILES string of the molecule is COc1ccc(CN(Cc2ccc(-c3ccc(CN(Cc4cccnc4)C(=O)Nc4ccc(C(F)(F)F)cc4)cc3)cc2)C(=O)OC(C)(C)C)cc1. The Labute approximate surface area is 301 Å². The van der Waals surface area contributed by atoms with Crippen molar-refractivity contribution in [2.24, 2.45) is 0 Å². The Kier molecular flexibility index (Phi) is 11.8. The van der Waals surface area contributed by atoms with E-state index in [4.69, 9.17) is 9.47 Å². The third-order valence-corrected chi connectivity index (χ3v) is 8.02. The molecule has 1 aromatic heterocycles. The standard InChI is InChI=1S/C41H41F3N4O4/c1-40(2,3)52-39(50)48(27-31-11-21-37(51-4)22-12-31)26-30-9-15-34(16-10-30)33-13-7-29(8-14-33)25-47(28-32-6-5-23-45-24-32)38(49)46-36-19-17-35(18-20-36)41(42,43)44/h5-24H,25-28H2,1-4H3,(H,46,49). The minimum absolute atomic E-state index is 0.238. The summed E-state index contributed by atoms with van der Waals surface area (Å²) in [6, 6.07) is 30.8. The van der Waals surface area contributed by atoms with Crippen LogP contribution < -0.4 is 10.1 Å². The van der Waals surface area contributed by atoms with E-state index in [1.54, 1.807) is 35.4 Å². The lowest BCUT2D eigenvalue weighted by Crippen LogP contribution is -2.36. The number of carbonyl (C=O) groups excluding carboxylic acids is 2. The van der Waals surface area contributed by atoms with Crippen molar-refractivity contribution in [1.29, 1.82) is 0 Å². The van der Waals surface area contributed by atoms with Crippen LogP contribution in [0, 0.1) is 0 Å². The summed E-state index contributed by atoms with van der Waals surface area (Å²) in [5.74, 6) is 0.737. The first-order chi connectivity index (χ1) is 24.8. The van der Waals surface area contributed by atoms with E-state index in [0.717, 1.165) is 51.3 Å². The summed E-state index contributed by atoms with van der Waals surface area (Å²) in [6.45, 7) is 6.72. The van der Waals surface area contributed by atoms with Crippen LogP contribution in [0.15, 0.2) is 122 Å². The molecule has 0 saturated carbocycles. The van der Waals surface area contributed by atoms with Gasteiger partial charge in [-0.15, -0.1) is 0 Å². The molecule has 0 aliphatic carbocycles. The molecule has 8 nitrogen and oxygen atoms in total. The zero-order chi connectivity index (χ0) is 37.3.